The number of likely N-dealkylation sites (N-methyl/N-ethyl adjacent to an activating group) is 1. The molecule has 1 aromatic carbocycles. The lowest BCUT2D eigenvalue weighted by molar-refractivity contribution is -0.128. The molecule has 6 heteroatoms. The van der Waals surface area contributed by atoms with Crippen molar-refractivity contribution in [1.29, 1.82) is 0 Å². The fourth-order valence-corrected chi connectivity index (χ4v) is 1.57. The lowest BCUT2D eigenvalue weighted by Gasteiger charge is -2.13. The summed E-state index contributed by atoms with van der Waals surface area (Å²) in [4.78, 5) is 24.9. The first-order valence-electron chi connectivity index (χ1n) is 6.30. The van der Waals surface area contributed by atoms with Gasteiger partial charge in [0.2, 0.25) is 5.91 Å². The number of carbonyl (C=O) groups excluding carboxylic acids is 2. The van der Waals surface area contributed by atoms with E-state index in [4.69, 9.17) is 10.5 Å². The normalized spacial score (nSPS) is 11.8. The third-order valence-electron chi connectivity index (χ3n) is 2.87. The molecule has 1 aromatic rings. The van der Waals surface area contributed by atoms with E-state index in [9.17, 15) is 9.59 Å². The monoisotopic (exact) mass is 279 g/mol. The molecule has 2 amide bonds. The zero-order valence-electron chi connectivity index (χ0n) is 12.1. The number of nitrogens with two attached hydrogens (primary N) is 1. The predicted molar refractivity (Wildman–Crippen MR) is 77.3 cm³/mol. The van der Waals surface area contributed by atoms with Gasteiger partial charge in [-0.15, -0.1) is 0 Å². The van der Waals surface area contributed by atoms with Crippen molar-refractivity contribution >= 4 is 17.5 Å². The highest BCUT2D eigenvalue weighted by Crippen LogP contribution is 2.11. The van der Waals surface area contributed by atoms with Crippen LogP contribution in [0.1, 0.15) is 5.56 Å². The molecule has 0 bridgehead atoms. The molecule has 0 aliphatic carbocycles. The number of amides is 2. The van der Waals surface area contributed by atoms with Crippen molar-refractivity contribution in [2.75, 3.05) is 33.1 Å². The molecule has 0 aromatic heterocycles. The molecule has 0 spiro atoms. The van der Waals surface area contributed by atoms with Gasteiger partial charge in [0, 0.05) is 33.4 Å². The summed E-state index contributed by atoms with van der Waals surface area (Å²) in [6, 6.07) is 7.11. The predicted octanol–water partition coefficient (Wildman–Crippen LogP) is 0.230. The van der Waals surface area contributed by atoms with Gasteiger partial charge in [0.25, 0.3) is 5.91 Å². The second-order valence-electron chi connectivity index (χ2n) is 4.61. The number of benzene rings is 1. The molecule has 3 N–H and O–H groups in total. The van der Waals surface area contributed by atoms with Gasteiger partial charge in [0.1, 0.15) is 6.10 Å². The van der Waals surface area contributed by atoms with Crippen molar-refractivity contribution in [2.24, 2.45) is 5.73 Å². The third-order valence-corrected chi connectivity index (χ3v) is 2.87. The molecule has 0 aliphatic rings. The maximum Gasteiger partial charge on any atom is 0.254 e. The highest BCUT2D eigenvalue weighted by atomic mass is 16.5. The Morgan fingerprint density at radius 2 is 1.90 bits per heavy atom. The van der Waals surface area contributed by atoms with E-state index in [1.54, 1.807) is 43.3 Å². The van der Waals surface area contributed by atoms with Crippen LogP contribution in [0.15, 0.2) is 24.3 Å². The van der Waals surface area contributed by atoms with E-state index in [2.05, 4.69) is 5.32 Å². The van der Waals surface area contributed by atoms with Crippen molar-refractivity contribution in [3.05, 3.63) is 29.8 Å². The highest BCUT2D eigenvalue weighted by Gasteiger charge is 2.15. The topological polar surface area (TPSA) is 84.7 Å². The number of ether oxygens (including phenoxy) is 1. The van der Waals surface area contributed by atoms with Gasteiger partial charge in [-0.2, -0.15) is 0 Å². The fraction of sp³-hybridized carbons (Fsp3) is 0.429. The van der Waals surface area contributed by atoms with Crippen molar-refractivity contribution in [1.82, 2.24) is 4.90 Å². The van der Waals surface area contributed by atoms with E-state index >= 15 is 0 Å². The Labute approximate surface area is 118 Å². The third kappa shape index (κ3) is 4.64. The molecule has 0 fully saturated rings. The van der Waals surface area contributed by atoms with Crippen LogP contribution in [0.4, 0.5) is 5.69 Å². The van der Waals surface area contributed by atoms with E-state index < -0.39 is 6.10 Å². The zero-order valence-corrected chi connectivity index (χ0v) is 12.1. The van der Waals surface area contributed by atoms with Crippen molar-refractivity contribution in [2.45, 2.75) is 12.5 Å². The smallest absolute Gasteiger partial charge is 0.254 e. The Hall–Kier alpha value is -1.92. The number of carbonyl (C=O) groups is 2. The summed E-state index contributed by atoms with van der Waals surface area (Å²) in [5.41, 5.74) is 6.95. The molecule has 1 rings (SSSR count). The van der Waals surface area contributed by atoms with Gasteiger partial charge in [-0.25, -0.2) is 0 Å². The Balaban J connectivity index is 2.63. The Kier molecular flexibility index (Phi) is 6.14. The standard InChI is InChI=1S/C14H21N3O3/c1-17(2)13(18)8-10-4-6-11(7-5-10)16-14(19)12(9-15)20-3/h4-7,12H,8-9,15H2,1-3H3,(H,16,19). The second kappa shape index (κ2) is 7.62. The summed E-state index contributed by atoms with van der Waals surface area (Å²) in [7, 11) is 4.87. The van der Waals surface area contributed by atoms with Crippen LogP contribution in [-0.4, -0.2) is 50.6 Å². The van der Waals surface area contributed by atoms with Crippen molar-refractivity contribution < 1.29 is 14.3 Å². The average Bonchev–Trinajstić information content (AvgIpc) is 2.42. The fourth-order valence-electron chi connectivity index (χ4n) is 1.57. The minimum absolute atomic E-state index is 0.0318. The molecular formula is C14H21N3O3. The minimum atomic E-state index is -0.662. The minimum Gasteiger partial charge on any atom is -0.370 e. The van der Waals surface area contributed by atoms with E-state index in [1.807, 2.05) is 0 Å². The van der Waals surface area contributed by atoms with Gasteiger partial charge in [-0.05, 0) is 17.7 Å². The molecule has 0 heterocycles. The van der Waals surface area contributed by atoms with Crippen LogP contribution >= 0.6 is 0 Å². The van der Waals surface area contributed by atoms with Crippen LogP contribution in [0.2, 0.25) is 0 Å². The molecule has 0 aliphatic heterocycles. The maximum atomic E-state index is 11.7. The average molecular weight is 279 g/mol. The van der Waals surface area contributed by atoms with Crippen LogP contribution in [0, 0.1) is 0 Å². The van der Waals surface area contributed by atoms with Crippen LogP contribution in [0.5, 0.6) is 0 Å². The van der Waals surface area contributed by atoms with E-state index in [1.165, 1.54) is 7.11 Å². The van der Waals surface area contributed by atoms with E-state index in [0.29, 0.717) is 12.1 Å². The number of nitrogens with one attached hydrogen (secondary N) is 1. The molecular weight excluding hydrogens is 258 g/mol. The number of methoxy groups -OCH3 is 1. The molecule has 6 nitrogen and oxygen atoms in total. The molecule has 1 atom stereocenters. The van der Waals surface area contributed by atoms with Crippen molar-refractivity contribution in [3.8, 4) is 0 Å². The number of nitrogens with zero attached hydrogens (tertiary/aromatic N) is 1. The second-order valence-corrected chi connectivity index (χ2v) is 4.61. The van der Waals surface area contributed by atoms with Crippen LogP contribution < -0.4 is 11.1 Å². The number of hydrogen-bond donors (Lipinski definition) is 2. The zero-order chi connectivity index (χ0) is 15.1. The van der Waals surface area contributed by atoms with Gasteiger partial charge in [-0.3, -0.25) is 9.59 Å². The lowest BCUT2D eigenvalue weighted by Crippen LogP contribution is -2.35. The summed E-state index contributed by atoms with van der Waals surface area (Å²) in [6.45, 7) is 0.123. The quantitative estimate of drug-likeness (QED) is 0.780. The Morgan fingerprint density at radius 1 is 1.30 bits per heavy atom. The first-order chi connectivity index (χ1) is 9.47. The SMILES string of the molecule is COC(CN)C(=O)Nc1ccc(CC(=O)N(C)C)cc1. The highest BCUT2D eigenvalue weighted by molar-refractivity contribution is 5.94. The molecule has 0 saturated heterocycles. The lowest BCUT2D eigenvalue weighted by atomic mass is 10.1. The largest absolute Gasteiger partial charge is 0.370 e. The summed E-state index contributed by atoms with van der Waals surface area (Å²) in [5, 5.41) is 2.71. The Bertz CT molecular complexity index is 453. The summed E-state index contributed by atoms with van der Waals surface area (Å²) >= 11 is 0. The first kappa shape index (κ1) is 16.1. The van der Waals surface area contributed by atoms with Crippen LogP contribution in [0.25, 0.3) is 0 Å². The number of rotatable bonds is 6. The Morgan fingerprint density at radius 3 is 2.35 bits per heavy atom. The molecule has 0 saturated carbocycles. The molecule has 110 valence electrons. The maximum absolute atomic E-state index is 11.7. The summed E-state index contributed by atoms with van der Waals surface area (Å²) in [6.07, 6.45) is -0.324. The number of anilines is 1. The van der Waals surface area contributed by atoms with Gasteiger partial charge < -0.3 is 20.7 Å². The number of hydrogen-bond acceptors (Lipinski definition) is 4. The van der Waals surface area contributed by atoms with Gasteiger partial charge in [0.05, 0.1) is 6.42 Å². The summed E-state index contributed by atoms with van der Waals surface area (Å²) < 4.78 is 4.95. The van der Waals surface area contributed by atoms with Gasteiger partial charge >= 0.3 is 0 Å². The van der Waals surface area contributed by atoms with Crippen LogP contribution in [0.3, 0.4) is 0 Å². The van der Waals surface area contributed by atoms with E-state index in [0.717, 1.165) is 5.56 Å². The van der Waals surface area contributed by atoms with Gasteiger partial charge in [0.15, 0.2) is 0 Å². The molecule has 20 heavy (non-hydrogen) atoms. The van der Waals surface area contributed by atoms with Crippen LogP contribution in [-0.2, 0) is 20.7 Å². The molecule has 1 unspecified atom stereocenters. The summed E-state index contributed by atoms with van der Waals surface area (Å²) in [5.74, 6) is -0.253. The van der Waals surface area contributed by atoms with Gasteiger partial charge in [-0.1, -0.05) is 12.1 Å². The molecule has 0 radical (unpaired) electrons. The van der Waals surface area contributed by atoms with E-state index in [-0.39, 0.29) is 18.4 Å². The first-order valence-corrected chi connectivity index (χ1v) is 6.30. The van der Waals surface area contributed by atoms with Crippen molar-refractivity contribution in [3.63, 3.8) is 0 Å².